The molecule has 6 fully saturated rings. The Bertz CT molecular complexity index is 981. The molecule has 5 nitrogen and oxygen atoms in total. The third kappa shape index (κ3) is 4.95. The van der Waals surface area contributed by atoms with Crippen LogP contribution in [-0.2, 0) is 4.74 Å². The lowest BCUT2D eigenvalue weighted by molar-refractivity contribution is -0.138. The first-order valence-corrected chi connectivity index (χ1v) is 15.1. The Morgan fingerprint density at radius 1 is 1.00 bits per heavy atom. The SMILES string of the molecule is CC(C)c1ccccc1C1CN(CC23CC(C2)C3)CCN1C1CC2(CCN(C(=O)OC(C)(C)C)CC2)C1. The van der Waals surface area contributed by atoms with E-state index in [1.54, 1.807) is 5.56 Å². The van der Waals surface area contributed by atoms with Crippen LogP contribution in [0.2, 0.25) is 0 Å². The fourth-order valence-corrected chi connectivity index (χ4v) is 8.45. The Morgan fingerprint density at radius 3 is 2.27 bits per heavy atom. The van der Waals surface area contributed by atoms with Crippen LogP contribution in [0.4, 0.5) is 4.79 Å². The number of hydrogen-bond acceptors (Lipinski definition) is 4. The molecule has 0 radical (unpaired) electrons. The van der Waals surface area contributed by atoms with E-state index < -0.39 is 5.60 Å². The molecule has 6 aliphatic rings. The lowest BCUT2D eigenvalue weighted by Crippen LogP contribution is -2.63. The molecule has 1 amide bonds. The van der Waals surface area contributed by atoms with Crippen molar-refractivity contribution in [1.82, 2.24) is 14.7 Å². The van der Waals surface area contributed by atoms with Crippen LogP contribution in [0.3, 0.4) is 0 Å². The van der Waals surface area contributed by atoms with Crippen molar-refractivity contribution in [2.75, 3.05) is 39.3 Å². The number of amides is 1. The van der Waals surface area contributed by atoms with Gasteiger partial charge in [0.25, 0.3) is 0 Å². The number of ether oxygens (including phenoxy) is 1. The molecule has 1 atom stereocenters. The number of hydrogen-bond donors (Lipinski definition) is 0. The molecule has 0 aromatic heterocycles. The van der Waals surface area contributed by atoms with Gasteiger partial charge in [-0.1, -0.05) is 38.1 Å². The summed E-state index contributed by atoms with van der Waals surface area (Å²) >= 11 is 0. The topological polar surface area (TPSA) is 36.0 Å². The molecule has 2 aliphatic heterocycles. The van der Waals surface area contributed by atoms with E-state index >= 15 is 0 Å². The Balaban J connectivity index is 1.12. The lowest BCUT2D eigenvalue weighted by atomic mass is 9.44. The van der Waals surface area contributed by atoms with Crippen LogP contribution in [0.15, 0.2) is 24.3 Å². The van der Waals surface area contributed by atoms with E-state index in [2.05, 4.69) is 47.9 Å². The van der Waals surface area contributed by atoms with Crippen LogP contribution in [0.5, 0.6) is 0 Å². The summed E-state index contributed by atoms with van der Waals surface area (Å²) in [6.45, 7) is 17.2. The van der Waals surface area contributed by atoms with Gasteiger partial charge in [0.05, 0.1) is 0 Å². The average molecular weight is 508 g/mol. The molecular formula is C32H49N3O2. The molecule has 4 aliphatic carbocycles. The van der Waals surface area contributed by atoms with Crippen molar-refractivity contribution in [1.29, 1.82) is 0 Å². The first kappa shape index (κ1) is 25.7. The van der Waals surface area contributed by atoms with Crippen LogP contribution in [0.1, 0.15) is 103 Å². The fraction of sp³-hybridized carbons (Fsp3) is 0.781. The maximum absolute atomic E-state index is 12.6. The van der Waals surface area contributed by atoms with Crippen molar-refractivity contribution in [2.45, 2.75) is 103 Å². The standard InChI is InChI=1S/C32H49N3O2/c1-23(2)26-8-6-7-9-27(26)28-21-33(22-32-16-24(17-32)18-32)14-15-35(28)25-19-31(20-25)10-12-34(13-11-31)29(36)37-30(3,4)5/h6-9,23-25,28H,10-22H2,1-5H3. The predicted molar refractivity (Wildman–Crippen MR) is 149 cm³/mol. The highest BCUT2D eigenvalue weighted by Gasteiger charge is 2.57. The van der Waals surface area contributed by atoms with Gasteiger partial charge in [0, 0.05) is 51.4 Å². The van der Waals surface area contributed by atoms with Gasteiger partial charge < -0.3 is 9.64 Å². The number of nitrogens with zero attached hydrogens (tertiary/aromatic N) is 3. The summed E-state index contributed by atoms with van der Waals surface area (Å²) in [6.07, 6.45) is 9.18. The molecule has 5 heteroatoms. The molecular weight excluding hydrogens is 458 g/mol. The minimum Gasteiger partial charge on any atom is -0.444 e. The maximum atomic E-state index is 12.6. The quantitative estimate of drug-likeness (QED) is 0.459. The van der Waals surface area contributed by atoms with E-state index in [9.17, 15) is 4.79 Å². The molecule has 204 valence electrons. The van der Waals surface area contributed by atoms with Gasteiger partial charge in [-0.3, -0.25) is 9.80 Å². The van der Waals surface area contributed by atoms with Crippen molar-refractivity contribution in [2.24, 2.45) is 16.7 Å². The summed E-state index contributed by atoms with van der Waals surface area (Å²) in [5.41, 5.74) is 3.78. The Kier molecular flexibility index (Phi) is 6.42. The minimum atomic E-state index is -0.421. The molecule has 1 aromatic rings. The van der Waals surface area contributed by atoms with E-state index in [-0.39, 0.29) is 6.09 Å². The van der Waals surface area contributed by atoms with Gasteiger partial charge in [-0.2, -0.15) is 0 Å². The van der Waals surface area contributed by atoms with E-state index in [0.29, 0.717) is 28.8 Å². The number of piperidine rings is 1. The van der Waals surface area contributed by atoms with Crippen LogP contribution < -0.4 is 0 Å². The summed E-state index contributed by atoms with van der Waals surface area (Å²) in [6, 6.07) is 10.5. The molecule has 1 unspecified atom stereocenters. The molecule has 37 heavy (non-hydrogen) atoms. The monoisotopic (exact) mass is 507 g/mol. The smallest absolute Gasteiger partial charge is 0.410 e. The molecule has 0 N–H and O–H groups in total. The summed E-state index contributed by atoms with van der Waals surface area (Å²) in [4.78, 5) is 20.2. The summed E-state index contributed by atoms with van der Waals surface area (Å²) in [5, 5.41) is 0. The largest absolute Gasteiger partial charge is 0.444 e. The predicted octanol–water partition coefficient (Wildman–Crippen LogP) is 6.45. The third-order valence-electron chi connectivity index (χ3n) is 10.5. The van der Waals surface area contributed by atoms with E-state index in [0.717, 1.165) is 31.8 Å². The Hall–Kier alpha value is -1.59. The van der Waals surface area contributed by atoms with Crippen molar-refractivity contribution >= 4 is 6.09 Å². The second kappa shape index (κ2) is 9.26. The molecule has 2 bridgehead atoms. The zero-order chi connectivity index (χ0) is 26.0. The number of benzene rings is 1. The number of carbonyl (C=O) groups is 1. The van der Waals surface area contributed by atoms with Gasteiger partial charge in [-0.05, 0) is 99.5 Å². The molecule has 2 saturated heterocycles. The fourth-order valence-electron chi connectivity index (χ4n) is 8.45. The molecule has 7 rings (SSSR count). The van der Waals surface area contributed by atoms with E-state index in [4.69, 9.17) is 4.74 Å². The van der Waals surface area contributed by atoms with Crippen LogP contribution in [-0.4, -0.2) is 71.7 Å². The Labute approximate surface area is 224 Å². The van der Waals surface area contributed by atoms with Gasteiger partial charge >= 0.3 is 6.09 Å². The van der Waals surface area contributed by atoms with Gasteiger partial charge in [-0.25, -0.2) is 4.79 Å². The molecule has 4 saturated carbocycles. The summed E-state index contributed by atoms with van der Waals surface area (Å²) in [7, 11) is 0. The van der Waals surface area contributed by atoms with Gasteiger partial charge in [0.1, 0.15) is 5.60 Å². The van der Waals surface area contributed by atoms with Crippen LogP contribution in [0.25, 0.3) is 0 Å². The van der Waals surface area contributed by atoms with Crippen LogP contribution >= 0.6 is 0 Å². The summed E-state index contributed by atoms with van der Waals surface area (Å²) in [5.74, 6) is 1.61. The highest BCUT2D eigenvalue weighted by Crippen LogP contribution is 2.64. The molecule has 1 aromatic carbocycles. The van der Waals surface area contributed by atoms with Crippen molar-refractivity contribution < 1.29 is 9.53 Å². The zero-order valence-electron chi connectivity index (χ0n) is 24.0. The molecule has 2 heterocycles. The second-order valence-corrected chi connectivity index (χ2v) is 14.8. The van der Waals surface area contributed by atoms with Crippen molar-refractivity contribution in [3.8, 4) is 0 Å². The van der Waals surface area contributed by atoms with Crippen molar-refractivity contribution in [3.63, 3.8) is 0 Å². The zero-order valence-corrected chi connectivity index (χ0v) is 24.0. The number of rotatable bonds is 5. The number of piperazine rings is 1. The maximum Gasteiger partial charge on any atom is 0.410 e. The van der Waals surface area contributed by atoms with E-state index in [1.807, 2.05) is 25.7 Å². The van der Waals surface area contributed by atoms with E-state index in [1.165, 1.54) is 63.8 Å². The normalized spacial score (nSPS) is 32.1. The number of likely N-dealkylation sites (tertiary alicyclic amines) is 1. The van der Waals surface area contributed by atoms with Crippen molar-refractivity contribution in [3.05, 3.63) is 35.4 Å². The molecule has 1 spiro atoms. The van der Waals surface area contributed by atoms with Gasteiger partial charge in [-0.15, -0.1) is 0 Å². The highest BCUT2D eigenvalue weighted by molar-refractivity contribution is 5.68. The number of carbonyl (C=O) groups excluding carboxylic acids is 1. The van der Waals surface area contributed by atoms with Crippen LogP contribution in [0, 0.1) is 16.7 Å². The van der Waals surface area contributed by atoms with Gasteiger partial charge in [0.15, 0.2) is 0 Å². The Morgan fingerprint density at radius 2 is 1.68 bits per heavy atom. The third-order valence-corrected chi connectivity index (χ3v) is 10.5. The second-order valence-electron chi connectivity index (χ2n) is 14.8. The summed E-state index contributed by atoms with van der Waals surface area (Å²) < 4.78 is 5.64. The first-order valence-electron chi connectivity index (χ1n) is 15.1. The first-order chi connectivity index (χ1) is 17.5. The average Bonchev–Trinajstić information content (AvgIpc) is 2.78. The van der Waals surface area contributed by atoms with Gasteiger partial charge in [0.2, 0.25) is 0 Å². The lowest BCUT2D eigenvalue weighted by Gasteiger charge is -2.64. The highest BCUT2D eigenvalue weighted by atomic mass is 16.6. The minimum absolute atomic E-state index is 0.136.